The zero-order valence-electron chi connectivity index (χ0n) is 11.2. The molecule has 102 valence electrons. The Labute approximate surface area is 116 Å². The molecule has 0 bridgehead atoms. The van der Waals surface area contributed by atoms with Crippen molar-refractivity contribution in [3.05, 3.63) is 35.7 Å². The lowest BCUT2D eigenvalue weighted by Gasteiger charge is -2.11. The molecule has 0 saturated carbocycles. The molecule has 0 aliphatic heterocycles. The fraction of sp³-hybridized carbons (Fsp3) is 0.385. The molecule has 1 atom stereocenters. The molecular weight excluding hydrogens is 262 g/mol. The molecule has 0 saturated heterocycles. The molecule has 1 aromatic carbocycles. The van der Waals surface area contributed by atoms with E-state index in [1.165, 1.54) is 11.8 Å². The molecule has 5 nitrogen and oxygen atoms in total. The number of thioether (sulfide) groups is 1. The molecule has 0 fully saturated rings. The molecule has 1 N–H and O–H groups in total. The number of nitrogens with zero attached hydrogens (tertiary/aromatic N) is 3. The molecule has 0 amide bonds. The Bertz CT molecular complexity index is 557. The summed E-state index contributed by atoms with van der Waals surface area (Å²) in [6, 6.07) is 7.45. The van der Waals surface area contributed by atoms with Crippen molar-refractivity contribution in [2.75, 3.05) is 12.9 Å². The highest BCUT2D eigenvalue weighted by Crippen LogP contribution is 2.25. The van der Waals surface area contributed by atoms with Crippen LogP contribution in [0.1, 0.15) is 17.5 Å². The minimum Gasteiger partial charge on any atom is -0.497 e. The van der Waals surface area contributed by atoms with Gasteiger partial charge >= 0.3 is 0 Å². The normalized spacial score (nSPS) is 12.4. The highest BCUT2D eigenvalue weighted by molar-refractivity contribution is 7.99. The standard InChI is InChI=1S/C13H17N3O2S/c1-9-14-15-13(16(9)2)19-8-12(17)10-5-4-6-11(7-10)18-3/h4-7,12,17H,8H2,1-3H3. The van der Waals surface area contributed by atoms with Crippen LogP contribution in [0.3, 0.4) is 0 Å². The number of ether oxygens (including phenoxy) is 1. The Morgan fingerprint density at radius 2 is 2.21 bits per heavy atom. The predicted molar refractivity (Wildman–Crippen MR) is 74.4 cm³/mol. The highest BCUT2D eigenvalue weighted by atomic mass is 32.2. The quantitative estimate of drug-likeness (QED) is 0.848. The van der Waals surface area contributed by atoms with Gasteiger partial charge in [-0.3, -0.25) is 0 Å². The summed E-state index contributed by atoms with van der Waals surface area (Å²) in [4.78, 5) is 0. The average molecular weight is 279 g/mol. The summed E-state index contributed by atoms with van der Waals surface area (Å²) >= 11 is 1.48. The van der Waals surface area contributed by atoms with Crippen molar-refractivity contribution in [3.63, 3.8) is 0 Å². The van der Waals surface area contributed by atoms with Crippen LogP contribution in [0.4, 0.5) is 0 Å². The van der Waals surface area contributed by atoms with Gasteiger partial charge in [-0.1, -0.05) is 23.9 Å². The van der Waals surface area contributed by atoms with Crippen LogP contribution in [-0.2, 0) is 7.05 Å². The topological polar surface area (TPSA) is 60.2 Å². The van der Waals surface area contributed by atoms with E-state index >= 15 is 0 Å². The first-order valence-electron chi connectivity index (χ1n) is 5.92. The van der Waals surface area contributed by atoms with E-state index in [0.717, 1.165) is 22.3 Å². The van der Waals surface area contributed by atoms with Crippen LogP contribution in [-0.4, -0.2) is 32.7 Å². The average Bonchev–Trinajstić information content (AvgIpc) is 2.76. The summed E-state index contributed by atoms with van der Waals surface area (Å²) in [6.45, 7) is 1.90. The van der Waals surface area contributed by atoms with E-state index in [1.807, 2.05) is 42.8 Å². The third kappa shape index (κ3) is 3.27. The lowest BCUT2D eigenvalue weighted by Crippen LogP contribution is -2.02. The molecule has 19 heavy (non-hydrogen) atoms. The van der Waals surface area contributed by atoms with Crippen molar-refractivity contribution in [1.82, 2.24) is 14.8 Å². The Morgan fingerprint density at radius 1 is 1.42 bits per heavy atom. The van der Waals surface area contributed by atoms with E-state index < -0.39 is 6.10 Å². The minimum atomic E-state index is -0.558. The smallest absolute Gasteiger partial charge is 0.191 e. The number of benzene rings is 1. The summed E-state index contributed by atoms with van der Waals surface area (Å²) < 4.78 is 7.05. The van der Waals surface area contributed by atoms with Gasteiger partial charge in [-0.15, -0.1) is 10.2 Å². The monoisotopic (exact) mass is 279 g/mol. The lowest BCUT2D eigenvalue weighted by molar-refractivity contribution is 0.203. The summed E-state index contributed by atoms with van der Waals surface area (Å²) in [5.41, 5.74) is 0.839. The third-order valence-electron chi connectivity index (χ3n) is 2.90. The number of methoxy groups -OCH3 is 1. The second kappa shape index (κ2) is 6.08. The van der Waals surface area contributed by atoms with Gasteiger partial charge in [0.15, 0.2) is 5.16 Å². The van der Waals surface area contributed by atoms with Gasteiger partial charge in [0.25, 0.3) is 0 Å². The maximum absolute atomic E-state index is 10.2. The lowest BCUT2D eigenvalue weighted by atomic mass is 10.1. The first-order chi connectivity index (χ1) is 9.11. The largest absolute Gasteiger partial charge is 0.497 e. The second-order valence-corrected chi connectivity index (χ2v) is 5.18. The molecule has 0 aliphatic carbocycles. The zero-order chi connectivity index (χ0) is 13.8. The second-order valence-electron chi connectivity index (χ2n) is 4.19. The van der Waals surface area contributed by atoms with Crippen molar-refractivity contribution in [2.45, 2.75) is 18.2 Å². The van der Waals surface area contributed by atoms with Crippen LogP contribution in [0, 0.1) is 6.92 Å². The molecule has 2 aromatic rings. The highest BCUT2D eigenvalue weighted by Gasteiger charge is 2.12. The van der Waals surface area contributed by atoms with Crippen LogP contribution in [0.25, 0.3) is 0 Å². The maximum Gasteiger partial charge on any atom is 0.191 e. The molecule has 0 spiro atoms. The van der Waals surface area contributed by atoms with E-state index in [-0.39, 0.29) is 0 Å². The van der Waals surface area contributed by atoms with Crippen molar-refractivity contribution < 1.29 is 9.84 Å². The molecule has 1 unspecified atom stereocenters. The summed E-state index contributed by atoms with van der Waals surface area (Å²) in [5, 5.41) is 19.0. The Kier molecular flexibility index (Phi) is 4.44. The summed E-state index contributed by atoms with van der Waals surface area (Å²) in [5.74, 6) is 2.13. The van der Waals surface area contributed by atoms with E-state index in [1.54, 1.807) is 7.11 Å². The van der Waals surface area contributed by atoms with E-state index in [2.05, 4.69) is 10.2 Å². The van der Waals surface area contributed by atoms with Gasteiger partial charge in [0.2, 0.25) is 0 Å². The van der Waals surface area contributed by atoms with Gasteiger partial charge in [-0.25, -0.2) is 0 Å². The SMILES string of the molecule is COc1cccc(C(O)CSc2nnc(C)n2C)c1. The van der Waals surface area contributed by atoms with E-state index in [4.69, 9.17) is 4.74 Å². The molecule has 6 heteroatoms. The molecule has 0 aliphatic rings. The van der Waals surface area contributed by atoms with Gasteiger partial charge in [0.1, 0.15) is 11.6 Å². The number of hydrogen-bond acceptors (Lipinski definition) is 5. The molecule has 1 aromatic heterocycles. The first kappa shape index (κ1) is 13.9. The number of aromatic nitrogens is 3. The summed E-state index contributed by atoms with van der Waals surface area (Å²) in [7, 11) is 3.53. The Morgan fingerprint density at radius 3 is 2.84 bits per heavy atom. The number of aryl methyl sites for hydroxylation is 1. The van der Waals surface area contributed by atoms with Gasteiger partial charge < -0.3 is 14.4 Å². The van der Waals surface area contributed by atoms with Crippen molar-refractivity contribution in [1.29, 1.82) is 0 Å². The zero-order valence-corrected chi connectivity index (χ0v) is 12.0. The number of aliphatic hydroxyl groups excluding tert-OH is 1. The van der Waals surface area contributed by atoms with Crippen LogP contribution in [0.5, 0.6) is 5.75 Å². The number of aliphatic hydroxyl groups is 1. The Hall–Kier alpha value is -1.53. The van der Waals surface area contributed by atoms with Gasteiger partial charge in [-0.05, 0) is 24.6 Å². The van der Waals surface area contributed by atoms with Crippen LogP contribution >= 0.6 is 11.8 Å². The minimum absolute atomic E-state index is 0.527. The molecular formula is C13H17N3O2S. The first-order valence-corrected chi connectivity index (χ1v) is 6.91. The Balaban J connectivity index is 2.01. The van der Waals surface area contributed by atoms with Gasteiger partial charge in [0, 0.05) is 12.8 Å². The van der Waals surface area contributed by atoms with Crippen molar-refractivity contribution in [2.24, 2.45) is 7.05 Å². The van der Waals surface area contributed by atoms with Gasteiger partial charge in [0.05, 0.1) is 13.2 Å². The molecule has 0 radical (unpaired) electrons. The van der Waals surface area contributed by atoms with Crippen LogP contribution < -0.4 is 4.74 Å². The van der Waals surface area contributed by atoms with Crippen LogP contribution in [0.2, 0.25) is 0 Å². The summed E-state index contributed by atoms with van der Waals surface area (Å²) in [6.07, 6.45) is -0.558. The van der Waals surface area contributed by atoms with Crippen LogP contribution in [0.15, 0.2) is 29.4 Å². The van der Waals surface area contributed by atoms with Gasteiger partial charge in [-0.2, -0.15) is 0 Å². The fourth-order valence-corrected chi connectivity index (χ4v) is 2.54. The molecule has 1 heterocycles. The van der Waals surface area contributed by atoms with Crippen molar-refractivity contribution >= 4 is 11.8 Å². The number of rotatable bonds is 5. The van der Waals surface area contributed by atoms with E-state index in [9.17, 15) is 5.11 Å². The third-order valence-corrected chi connectivity index (χ3v) is 4.00. The molecule has 2 rings (SSSR count). The predicted octanol–water partition coefficient (Wildman–Crippen LogP) is 1.96. The maximum atomic E-state index is 10.2. The van der Waals surface area contributed by atoms with E-state index in [0.29, 0.717) is 5.75 Å². The fourth-order valence-electron chi connectivity index (χ4n) is 1.61. The van der Waals surface area contributed by atoms with Crippen molar-refractivity contribution in [3.8, 4) is 5.75 Å². The number of hydrogen-bond donors (Lipinski definition) is 1.